The first-order valence-electron chi connectivity index (χ1n) is 6.65. The standard InChI is InChI=1S/C15H19O2/c1-2-9-16-15(6-1)17-11-12-4-3-5-14(10-12)13-7-8-13/h3,5,10,13,15H,1-2,6-9,11H2. The smallest absolute Gasteiger partial charge is 0.158 e. The van der Waals surface area contributed by atoms with Gasteiger partial charge in [0.1, 0.15) is 0 Å². The highest BCUT2D eigenvalue weighted by atomic mass is 16.7. The predicted octanol–water partition coefficient (Wildman–Crippen LogP) is 3.41. The van der Waals surface area contributed by atoms with Gasteiger partial charge in [0, 0.05) is 6.61 Å². The second-order valence-corrected chi connectivity index (χ2v) is 5.03. The molecule has 2 nitrogen and oxygen atoms in total. The van der Waals surface area contributed by atoms with Gasteiger partial charge in [-0.25, -0.2) is 0 Å². The highest BCUT2D eigenvalue weighted by molar-refractivity contribution is 5.27. The van der Waals surface area contributed by atoms with Crippen molar-refractivity contribution in [2.24, 2.45) is 0 Å². The van der Waals surface area contributed by atoms with Crippen molar-refractivity contribution in [3.05, 3.63) is 35.4 Å². The molecule has 1 atom stereocenters. The van der Waals surface area contributed by atoms with Gasteiger partial charge in [0.05, 0.1) is 6.61 Å². The van der Waals surface area contributed by atoms with Crippen LogP contribution in [0.2, 0.25) is 0 Å². The molecule has 2 fully saturated rings. The second-order valence-electron chi connectivity index (χ2n) is 5.03. The molecule has 1 aliphatic heterocycles. The molecule has 17 heavy (non-hydrogen) atoms. The third kappa shape index (κ3) is 3.08. The first kappa shape index (κ1) is 11.2. The quantitative estimate of drug-likeness (QED) is 0.790. The molecule has 0 bridgehead atoms. The van der Waals surface area contributed by atoms with E-state index in [2.05, 4.69) is 18.2 Å². The van der Waals surface area contributed by atoms with Gasteiger partial charge in [0.15, 0.2) is 6.29 Å². The summed E-state index contributed by atoms with van der Waals surface area (Å²) in [6.07, 6.45) is 6.11. The topological polar surface area (TPSA) is 18.5 Å². The number of hydrogen-bond donors (Lipinski definition) is 0. The summed E-state index contributed by atoms with van der Waals surface area (Å²) < 4.78 is 11.3. The number of ether oxygens (including phenoxy) is 2. The minimum atomic E-state index is 0.00160. The van der Waals surface area contributed by atoms with E-state index in [9.17, 15) is 0 Å². The molecule has 1 aliphatic carbocycles. The molecule has 2 aliphatic rings. The van der Waals surface area contributed by atoms with Crippen LogP contribution in [0.1, 0.15) is 49.1 Å². The fourth-order valence-electron chi connectivity index (χ4n) is 2.32. The molecule has 0 N–H and O–H groups in total. The first-order chi connectivity index (χ1) is 8.42. The van der Waals surface area contributed by atoms with E-state index in [1.807, 2.05) is 6.07 Å². The van der Waals surface area contributed by atoms with Crippen LogP contribution in [0.4, 0.5) is 0 Å². The largest absolute Gasteiger partial charge is 0.353 e. The number of rotatable bonds is 4. The fourth-order valence-corrected chi connectivity index (χ4v) is 2.32. The number of benzene rings is 1. The van der Waals surface area contributed by atoms with Crippen LogP contribution in [0.15, 0.2) is 18.2 Å². The van der Waals surface area contributed by atoms with Gasteiger partial charge in [-0.05, 0) is 55.2 Å². The van der Waals surface area contributed by atoms with Gasteiger partial charge in [-0.2, -0.15) is 0 Å². The Hall–Kier alpha value is -0.860. The van der Waals surface area contributed by atoms with E-state index >= 15 is 0 Å². The van der Waals surface area contributed by atoms with Gasteiger partial charge < -0.3 is 9.47 Å². The highest BCUT2D eigenvalue weighted by Gasteiger charge is 2.23. The summed E-state index contributed by atoms with van der Waals surface area (Å²) >= 11 is 0. The van der Waals surface area contributed by atoms with Gasteiger partial charge in [-0.3, -0.25) is 0 Å². The molecule has 1 radical (unpaired) electrons. The van der Waals surface area contributed by atoms with Gasteiger partial charge in [-0.15, -0.1) is 0 Å². The molecule has 0 aromatic heterocycles. The Morgan fingerprint density at radius 2 is 2.24 bits per heavy atom. The van der Waals surface area contributed by atoms with Crippen molar-refractivity contribution in [1.82, 2.24) is 0 Å². The first-order valence-corrected chi connectivity index (χ1v) is 6.65. The van der Waals surface area contributed by atoms with Crippen LogP contribution in [-0.4, -0.2) is 12.9 Å². The monoisotopic (exact) mass is 231 g/mol. The Morgan fingerprint density at radius 1 is 1.29 bits per heavy atom. The molecule has 1 aromatic carbocycles. The zero-order valence-corrected chi connectivity index (χ0v) is 10.2. The molecule has 0 amide bonds. The Morgan fingerprint density at radius 3 is 3.00 bits per heavy atom. The Kier molecular flexibility index (Phi) is 3.44. The van der Waals surface area contributed by atoms with Crippen molar-refractivity contribution < 1.29 is 9.47 Å². The summed E-state index contributed by atoms with van der Waals surface area (Å²) in [6, 6.07) is 9.69. The lowest BCUT2D eigenvalue weighted by Gasteiger charge is -2.22. The van der Waals surface area contributed by atoms with Crippen molar-refractivity contribution in [3.63, 3.8) is 0 Å². The van der Waals surface area contributed by atoms with E-state index in [1.165, 1.54) is 31.2 Å². The number of hydrogen-bond acceptors (Lipinski definition) is 2. The molecule has 3 rings (SSSR count). The van der Waals surface area contributed by atoms with Gasteiger partial charge in [0.25, 0.3) is 0 Å². The minimum absolute atomic E-state index is 0.00160. The summed E-state index contributed by atoms with van der Waals surface area (Å²) in [4.78, 5) is 0. The summed E-state index contributed by atoms with van der Waals surface area (Å²) in [5.41, 5.74) is 2.61. The normalized spacial score (nSPS) is 24.8. The maximum Gasteiger partial charge on any atom is 0.158 e. The third-order valence-electron chi connectivity index (χ3n) is 3.50. The van der Waals surface area contributed by atoms with Crippen LogP contribution >= 0.6 is 0 Å². The lowest BCUT2D eigenvalue weighted by atomic mass is 10.1. The maximum absolute atomic E-state index is 5.77. The van der Waals surface area contributed by atoms with Gasteiger partial charge in [-0.1, -0.05) is 18.2 Å². The molecular formula is C15H19O2. The van der Waals surface area contributed by atoms with E-state index in [0.717, 1.165) is 24.5 Å². The van der Waals surface area contributed by atoms with Crippen molar-refractivity contribution in [2.45, 2.75) is 50.9 Å². The van der Waals surface area contributed by atoms with E-state index in [-0.39, 0.29) is 6.29 Å². The van der Waals surface area contributed by atoms with Gasteiger partial charge in [0.2, 0.25) is 0 Å². The second kappa shape index (κ2) is 5.19. The van der Waals surface area contributed by atoms with E-state index in [4.69, 9.17) is 9.47 Å². The van der Waals surface area contributed by atoms with Crippen molar-refractivity contribution >= 4 is 0 Å². The summed E-state index contributed by atoms with van der Waals surface area (Å²) in [5.74, 6) is 0.800. The lowest BCUT2D eigenvalue weighted by Crippen LogP contribution is -2.22. The lowest BCUT2D eigenvalue weighted by molar-refractivity contribution is -0.168. The zero-order chi connectivity index (χ0) is 11.5. The molecule has 91 valence electrons. The summed E-state index contributed by atoms with van der Waals surface area (Å²) in [7, 11) is 0. The molecular weight excluding hydrogens is 212 g/mol. The van der Waals surface area contributed by atoms with E-state index in [1.54, 1.807) is 0 Å². The van der Waals surface area contributed by atoms with Crippen molar-refractivity contribution in [3.8, 4) is 0 Å². The minimum Gasteiger partial charge on any atom is -0.353 e. The van der Waals surface area contributed by atoms with Crippen LogP contribution in [0.5, 0.6) is 0 Å². The molecule has 1 unspecified atom stereocenters. The molecule has 1 heterocycles. The van der Waals surface area contributed by atoms with Crippen molar-refractivity contribution in [2.75, 3.05) is 6.61 Å². The highest BCUT2D eigenvalue weighted by Crippen LogP contribution is 2.40. The Labute approximate surface area is 103 Å². The molecule has 1 saturated carbocycles. The zero-order valence-electron chi connectivity index (χ0n) is 10.2. The fraction of sp³-hybridized carbons (Fsp3) is 0.600. The molecule has 0 spiro atoms. The summed E-state index contributed by atoms with van der Waals surface area (Å²) in [6.45, 7) is 1.47. The Balaban J connectivity index is 1.54. The van der Waals surface area contributed by atoms with Crippen LogP contribution in [0.3, 0.4) is 0 Å². The molecule has 2 heteroatoms. The van der Waals surface area contributed by atoms with Crippen LogP contribution in [0, 0.1) is 6.07 Å². The Bertz CT molecular complexity index is 365. The SMILES string of the molecule is [c]1ccc(C2CC2)cc1COC1CCCCO1. The van der Waals surface area contributed by atoms with Crippen molar-refractivity contribution in [1.29, 1.82) is 0 Å². The van der Waals surface area contributed by atoms with Crippen LogP contribution in [-0.2, 0) is 16.1 Å². The average molecular weight is 231 g/mol. The molecule has 1 saturated heterocycles. The summed E-state index contributed by atoms with van der Waals surface area (Å²) in [5, 5.41) is 0. The van der Waals surface area contributed by atoms with E-state index in [0.29, 0.717) is 6.61 Å². The van der Waals surface area contributed by atoms with E-state index < -0.39 is 0 Å². The maximum atomic E-state index is 5.77. The van der Waals surface area contributed by atoms with Crippen LogP contribution < -0.4 is 0 Å². The average Bonchev–Trinajstić information content (AvgIpc) is 3.22. The molecule has 1 aromatic rings. The third-order valence-corrected chi connectivity index (χ3v) is 3.50. The van der Waals surface area contributed by atoms with Gasteiger partial charge >= 0.3 is 0 Å². The predicted molar refractivity (Wildman–Crippen MR) is 65.6 cm³/mol. The van der Waals surface area contributed by atoms with Crippen LogP contribution in [0.25, 0.3) is 0 Å².